The van der Waals surface area contributed by atoms with Crippen molar-refractivity contribution in [1.82, 2.24) is 4.98 Å². The fourth-order valence-electron chi connectivity index (χ4n) is 3.11. The lowest BCUT2D eigenvalue weighted by molar-refractivity contribution is 0.0445. The normalized spacial score (nSPS) is 11.4. The second-order valence-electron chi connectivity index (χ2n) is 6.10. The van der Waals surface area contributed by atoms with E-state index in [1.165, 1.54) is 0 Å². The fraction of sp³-hybridized carbons (Fsp3) is 0.136. The smallest absolute Gasteiger partial charge is 0.0972 e. The van der Waals surface area contributed by atoms with Crippen molar-refractivity contribution in [2.75, 3.05) is 0 Å². The molecule has 1 N–H and O–H groups in total. The van der Waals surface area contributed by atoms with Crippen LogP contribution in [0.5, 0.6) is 0 Å². The molecule has 0 aliphatic heterocycles. The Morgan fingerprint density at radius 1 is 1.00 bits per heavy atom. The zero-order valence-electron chi connectivity index (χ0n) is 14.0. The number of rotatable bonds is 6. The molecule has 126 valence electrons. The zero-order valence-corrected chi connectivity index (χ0v) is 14.7. The molecule has 3 heteroatoms. The molecule has 0 radical (unpaired) electrons. The number of aromatic nitrogens is 1. The predicted molar refractivity (Wildman–Crippen MR) is 106 cm³/mol. The third-order valence-corrected chi connectivity index (χ3v) is 4.57. The van der Waals surface area contributed by atoms with Gasteiger partial charge in [0.2, 0.25) is 0 Å². The minimum atomic E-state index is -1.06. The first kappa shape index (κ1) is 17.4. The number of fused-ring (bicyclic) bond motifs is 1. The maximum Gasteiger partial charge on any atom is 0.0972 e. The summed E-state index contributed by atoms with van der Waals surface area (Å²) in [5.41, 5.74) is 2.37. The minimum Gasteiger partial charge on any atom is -0.384 e. The Kier molecular flexibility index (Phi) is 5.03. The van der Waals surface area contributed by atoms with Crippen LogP contribution in [0, 0.1) is 0 Å². The van der Waals surface area contributed by atoms with Crippen LogP contribution in [0.4, 0.5) is 0 Å². The van der Waals surface area contributed by atoms with Gasteiger partial charge in [0, 0.05) is 16.0 Å². The zero-order chi connectivity index (χ0) is 17.9. The molecule has 0 aliphatic rings. The number of pyridine rings is 1. The predicted octanol–water partition coefficient (Wildman–Crippen LogP) is 5.90. The molecule has 0 spiro atoms. The Morgan fingerprint density at radius 3 is 2.28 bits per heavy atom. The Morgan fingerprint density at radius 2 is 1.64 bits per heavy atom. The van der Waals surface area contributed by atoms with Crippen molar-refractivity contribution < 1.29 is 5.11 Å². The third-order valence-electron chi connectivity index (χ3n) is 4.32. The Balaban J connectivity index is 2.27. The van der Waals surface area contributed by atoms with E-state index in [9.17, 15) is 5.11 Å². The molecule has 1 aromatic heterocycles. The van der Waals surface area contributed by atoms with Crippen LogP contribution in [0.15, 0.2) is 79.9 Å². The molecule has 0 aliphatic carbocycles. The third kappa shape index (κ3) is 3.51. The molecule has 25 heavy (non-hydrogen) atoms. The molecule has 0 bridgehead atoms. The Bertz CT molecular complexity index is 905. The average Bonchev–Trinajstić information content (AvgIpc) is 2.62. The van der Waals surface area contributed by atoms with E-state index in [1.54, 1.807) is 12.2 Å². The van der Waals surface area contributed by atoms with Crippen LogP contribution in [0.1, 0.15) is 18.4 Å². The molecular formula is C22H20ClNO. The average molecular weight is 350 g/mol. The molecule has 0 saturated heterocycles. The van der Waals surface area contributed by atoms with Crippen molar-refractivity contribution in [2.24, 2.45) is 0 Å². The summed E-state index contributed by atoms with van der Waals surface area (Å²) in [5.74, 6) is 0. The minimum absolute atomic E-state index is 0.438. The van der Waals surface area contributed by atoms with Crippen molar-refractivity contribution in [3.8, 4) is 11.3 Å². The van der Waals surface area contributed by atoms with E-state index in [2.05, 4.69) is 13.2 Å². The maximum atomic E-state index is 11.3. The number of hydrogen-bond acceptors (Lipinski definition) is 2. The van der Waals surface area contributed by atoms with Gasteiger partial charge in [-0.25, -0.2) is 4.98 Å². The number of hydrogen-bond donors (Lipinski definition) is 1. The van der Waals surface area contributed by atoms with Gasteiger partial charge in [0.15, 0.2) is 0 Å². The SMILES string of the molecule is C=CCC(O)(CC=C)c1cc(-c2ccc(Cl)cc2)nc2ccccc12. The molecule has 2 nitrogen and oxygen atoms in total. The Labute approximate surface area is 153 Å². The molecule has 0 fully saturated rings. The van der Waals surface area contributed by atoms with E-state index < -0.39 is 5.60 Å². The van der Waals surface area contributed by atoms with Crippen molar-refractivity contribution in [1.29, 1.82) is 0 Å². The summed E-state index contributed by atoms with van der Waals surface area (Å²) in [4.78, 5) is 4.76. The van der Waals surface area contributed by atoms with Crippen LogP contribution in [-0.2, 0) is 5.60 Å². The van der Waals surface area contributed by atoms with Gasteiger partial charge in [0.25, 0.3) is 0 Å². The van der Waals surface area contributed by atoms with Gasteiger partial charge in [0.1, 0.15) is 0 Å². The number of nitrogens with zero attached hydrogens (tertiary/aromatic N) is 1. The summed E-state index contributed by atoms with van der Waals surface area (Å²) in [5, 5.41) is 12.9. The molecule has 0 amide bonds. The highest BCUT2D eigenvalue weighted by Crippen LogP contribution is 2.37. The summed E-state index contributed by atoms with van der Waals surface area (Å²) >= 11 is 6.00. The van der Waals surface area contributed by atoms with Crippen LogP contribution >= 0.6 is 11.6 Å². The highest BCUT2D eigenvalue weighted by Gasteiger charge is 2.29. The highest BCUT2D eigenvalue weighted by atomic mass is 35.5. The molecular weight excluding hydrogens is 330 g/mol. The van der Waals surface area contributed by atoms with Gasteiger partial charge < -0.3 is 5.11 Å². The first-order chi connectivity index (χ1) is 12.1. The van der Waals surface area contributed by atoms with E-state index in [4.69, 9.17) is 16.6 Å². The van der Waals surface area contributed by atoms with E-state index in [0.29, 0.717) is 17.9 Å². The highest BCUT2D eigenvalue weighted by molar-refractivity contribution is 6.30. The largest absolute Gasteiger partial charge is 0.384 e. The van der Waals surface area contributed by atoms with Gasteiger partial charge >= 0.3 is 0 Å². The van der Waals surface area contributed by atoms with Crippen LogP contribution in [0.2, 0.25) is 5.02 Å². The molecule has 2 aromatic carbocycles. The number of benzene rings is 2. The van der Waals surface area contributed by atoms with Crippen molar-refractivity contribution in [3.63, 3.8) is 0 Å². The lowest BCUT2D eigenvalue weighted by Gasteiger charge is -2.28. The summed E-state index contributed by atoms with van der Waals surface area (Å²) < 4.78 is 0. The van der Waals surface area contributed by atoms with Gasteiger partial charge in [-0.1, -0.05) is 54.1 Å². The van der Waals surface area contributed by atoms with Crippen molar-refractivity contribution >= 4 is 22.5 Å². The first-order valence-electron chi connectivity index (χ1n) is 8.18. The molecule has 3 rings (SSSR count). The number of aliphatic hydroxyl groups is 1. The Hall–Kier alpha value is -2.42. The van der Waals surface area contributed by atoms with E-state index >= 15 is 0 Å². The van der Waals surface area contributed by atoms with Crippen LogP contribution in [0.3, 0.4) is 0 Å². The first-order valence-corrected chi connectivity index (χ1v) is 8.55. The molecule has 1 heterocycles. The molecule has 0 atom stereocenters. The monoisotopic (exact) mass is 349 g/mol. The quantitative estimate of drug-likeness (QED) is 0.562. The molecule has 0 saturated carbocycles. The van der Waals surface area contributed by atoms with Gasteiger partial charge in [-0.2, -0.15) is 0 Å². The van der Waals surface area contributed by atoms with E-state index in [0.717, 1.165) is 27.7 Å². The van der Waals surface area contributed by atoms with Crippen LogP contribution < -0.4 is 0 Å². The summed E-state index contributed by atoms with van der Waals surface area (Å²) in [6, 6.07) is 17.4. The van der Waals surface area contributed by atoms with Crippen molar-refractivity contribution in [3.05, 3.63) is 90.5 Å². The second kappa shape index (κ2) is 7.22. The maximum absolute atomic E-state index is 11.3. The fourth-order valence-corrected chi connectivity index (χ4v) is 3.24. The van der Waals surface area contributed by atoms with Crippen LogP contribution in [-0.4, -0.2) is 10.1 Å². The lowest BCUT2D eigenvalue weighted by atomic mass is 9.84. The van der Waals surface area contributed by atoms with Gasteiger partial charge in [-0.3, -0.25) is 0 Å². The number of para-hydroxylation sites is 1. The second-order valence-corrected chi connectivity index (χ2v) is 6.53. The van der Waals surface area contributed by atoms with Gasteiger partial charge in [-0.05, 0) is 42.7 Å². The van der Waals surface area contributed by atoms with Crippen LogP contribution in [0.25, 0.3) is 22.2 Å². The standard InChI is InChI=1S/C22H20ClNO/c1-3-13-22(25,14-4-2)19-15-21(16-9-11-17(23)12-10-16)24-20-8-6-5-7-18(19)20/h3-12,15,25H,1-2,13-14H2. The van der Waals surface area contributed by atoms with Gasteiger partial charge in [0.05, 0.1) is 16.8 Å². The summed E-state index contributed by atoms with van der Waals surface area (Å²) in [7, 11) is 0. The molecule has 0 unspecified atom stereocenters. The van der Waals surface area contributed by atoms with E-state index in [1.807, 2.05) is 54.6 Å². The van der Waals surface area contributed by atoms with Gasteiger partial charge in [-0.15, -0.1) is 13.2 Å². The van der Waals surface area contributed by atoms with Crippen molar-refractivity contribution in [2.45, 2.75) is 18.4 Å². The lowest BCUT2D eigenvalue weighted by Crippen LogP contribution is -2.25. The summed E-state index contributed by atoms with van der Waals surface area (Å²) in [6.45, 7) is 7.60. The number of halogens is 1. The molecule has 3 aromatic rings. The summed E-state index contributed by atoms with van der Waals surface area (Å²) in [6.07, 6.45) is 4.35. The van der Waals surface area contributed by atoms with E-state index in [-0.39, 0.29) is 0 Å². The topological polar surface area (TPSA) is 33.1 Å².